The Hall–Kier alpha value is -0.0800. The van der Waals surface area contributed by atoms with Crippen molar-refractivity contribution in [2.75, 3.05) is 26.2 Å². The van der Waals surface area contributed by atoms with Gasteiger partial charge in [-0.3, -0.25) is 9.80 Å². The van der Waals surface area contributed by atoms with Crippen molar-refractivity contribution in [1.82, 2.24) is 9.80 Å². The molecule has 0 saturated carbocycles. The van der Waals surface area contributed by atoms with Gasteiger partial charge in [-0.2, -0.15) is 0 Å². The van der Waals surface area contributed by atoms with Crippen molar-refractivity contribution in [3.05, 3.63) is 0 Å². The molecule has 0 aromatic carbocycles. The first kappa shape index (κ1) is 9.47. The van der Waals surface area contributed by atoms with E-state index in [9.17, 15) is 0 Å². The second-order valence-corrected chi connectivity index (χ2v) is 4.42. The summed E-state index contributed by atoms with van der Waals surface area (Å²) in [7, 11) is 0. The maximum Gasteiger partial charge on any atom is 0.0220 e. The lowest BCUT2D eigenvalue weighted by Gasteiger charge is -2.31. The molecule has 1 unspecified atom stereocenters. The molecule has 76 valence electrons. The summed E-state index contributed by atoms with van der Waals surface area (Å²) < 4.78 is 0. The van der Waals surface area contributed by atoms with Gasteiger partial charge >= 0.3 is 0 Å². The van der Waals surface area contributed by atoms with Crippen LogP contribution in [0.25, 0.3) is 0 Å². The Morgan fingerprint density at radius 1 is 1.15 bits per heavy atom. The molecule has 3 aliphatic heterocycles. The van der Waals surface area contributed by atoms with Gasteiger partial charge in [-0.15, -0.1) is 0 Å². The van der Waals surface area contributed by atoms with Gasteiger partial charge < -0.3 is 0 Å². The van der Waals surface area contributed by atoms with Crippen LogP contribution in [0.3, 0.4) is 0 Å². The maximum absolute atomic E-state index is 2.70. The summed E-state index contributed by atoms with van der Waals surface area (Å²) >= 11 is 0. The molecule has 0 radical (unpaired) electrons. The summed E-state index contributed by atoms with van der Waals surface area (Å²) in [4.78, 5) is 5.40. The molecule has 2 nitrogen and oxygen atoms in total. The monoisotopic (exact) mass is 182 g/mol. The van der Waals surface area contributed by atoms with E-state index in [1.807, 2.05) is 0 Å². The van der Waals surface area contributed by atoms with Crippen LogP contribution in [-0.2, 0) is 0 Å². The molecule has 1 atom stereocenters. The van der Waals surface area contributed by atoms with E-state index in [4.69, 9.17) is 0 Å². The molecule has 0 N–H and O–H groups in total. The standard InChI is InChI=1S/C11H22N2/c1-3-10-9-12(4-2)11-5-7-13(10)8-6-11/h10-11H,3-9H2,1-2H3. The van der Waals surface area contributed by atoms with Crippen molar-refractivity contribution in [2.45, 2.75) is 45.2 Å². The van der Waals surface area contributed by atoms with Crippen LogP contribution in [0.15, 0.2) is 0 Å². The lowest BCUT2D eigenvalue weighted by atomic mass is 10.1. The Balaban J connectivity index is 2.09. The molecule has 3 rings (SSSR count). The smallest absolute Gasteiger partial charge is 0.0220 e. The second kappa shape index (κ2) is 3.97. The number of hydrogen-bond donors (Lipinski definition) is 0. The van der Waals surface area contributed by atoms with Crippen LogP contribution in [-0.4, -0.2) is 48.1 Å². The minimum Gasteiger partial charge on any atom is -0.299 e. The van der Waals surface area contributed by atoms with Crippen molar-refractivity contribution >= 4 is 0 Å². The highest BCUT2D eigenvalue weighted by molar-refractivity contribution is 4.89. The fourth-order valence-electron chi connectivity index (χ4n) is 2.93. The van der Waals surface area contributed by atoms with Gasteiger partial charge in [0.05, 0.1) is 0 Å². The van der Waals surface area contributed by atoms with Gasteiger partial charge in [0, 0.05) is 18.6 Å². The number of piperidine rings is 1. The fourth-order valence-corrected chi connectivity index (χ4v) is 2.93. The molecule has 3 fully saturated rings. The number of fused-ring (bicyclic) bond motifs is 4. The molecule has 0 amide bonds. The Kier molecular flexibility index (Phi) is 2.89. The number of hydrogen-bond acceptors (Lipinski definition) is 2. The SMILES string of the molecule is CCC1CN(CC)C2CCN1CC2. The largest absolute Gasteiger partial charge is 0.299 e. The first-order chi connectivity index (χ1) is 6.35. The zero-order valence-corrected chi connectivity index (χ0v) is 9.00. The lowest BCUT2D eigenvalue weighted by molar-refractivity contribution is 0.179. The van der Waals surface area contributed by atoms with Crippen LogP contribution >= 0.6 is 0 Å². The summed E-state index contributed by atoms with van der Waals surface area (Å²) in [5.74, 6) is 0. The molecular formula is C11H22N2. The van der Waals surface area contributed by atoms with Gasteiger partial charge in [0.25, 0.3) is 0 Å². The van der Waals surface area contributed by atoms with E-state index in [2.05, 4.69) is 23.6 Å². The molecule has 2 heteroatoms. The Bertz CT molecular complexity index is 143. The van der Waals surface area contributed by atoms with Crippen LogP contribution in [0.4, 0.5) is 0 Å². The van der Waals surface area contributed by atoms with E-state index in [1.54, 1.807) is 0 Å². The van der Waals surface area contributed by atoms with Crippen LogP contribution in [0.5, 0.6) is 0 Å². The highest BCUT2D eigenvalue weighted by atomic mass is 15.3. The molecule has 2 bridgehead atoms. The summed E-state index contributed by atoms with van der Waals surface area (Å²) in [6.07, 6.45) is 4.14. The second-order valence-electron chi connectivity index (χ2n) is 4.42. The molecule has 3 aliphatic rings. The van der Waals surface area contributed by atoms with Crippen molar-refractivity contribution in [2.24, 2.45) is 0 Å². The summed E-state index contributed by atoms with van der Waals surface area (Å²) in [5, 5.41) is 0. The van der Waals surface area contributed by atoms with Gasteiger partial charge in [0.15, 0.2) is 0 Å². The zero-order valence-electron chi connectivity index (χ0n) is 9.00. The summed E-state index contributed by atoms with van der Waals surface area (Å²) in [6, 6.07) is 1.74. The van der Waals surface area contributed by atoms with Gasteiger partial charge in [-0.25, -0.2) is 0 Å². The third-order valence-corrected chi connectivity index (χ3v) is 3.85. The molecule has 13 heavy (non-hydrogen) atoms. The van der Waals surface area contributed by atoms with Gasteiger partial charge in [0.1, 0.15) is 0 Å². The lowest BCUT2D eigenvalue weighted by Crippen LogP contribution is -2.39. The van der Waals surface area contributed by atoms with E-state index in [0.29, 0.717) is 0 Å². The first-order valence-corrected chi connectivity index (χ1v) is 5.83. The Morgan fingerprint density at radius 3 is 2.38 bits per heavy atom. The molecule has 3 saturated heterocycles. The maximum atomic E-state index is 2.70. The highest BCUT2D eigenvalue weighted by Gasteiger charge is 2.32. The normalized spacial score (nSPS) is 40.6. The molecule has 0 aromatic rings. The van der Waals surface area contributed by atoms with Crippen molar-refractivity contribution in [1.29, 1.82) is 0 Å². The number of rotatable bonds is 2. The predicted octanol–water partition coefficient (Wildman–Crippen LogP) is 1.56. The quantitative estimate of drug-likeness (QED) is 0.639. The van der Waals surface area contributed by atoms with Gasteiger partial charge in [-0.05, 0) is 38.9 Å². The van der Waals surface area contributed by atoms with Crippen LogP contribution in [0, 0.1) is 0 Å². The molecular weight excluding hydrogens is 160 g/mol. The third-order valence-electron chi connectivity index (χ3n) is 3.85. The number of likely N-dealkylation sites (N-methyl/N-ethyl adjacent to an activating group) is 1. The third kappa shape index (κ3) is 1.75. The van der Waals surface area contributed by atoms with E-state index in [1.165, 1.54) is 45.4 Å². The highest BCUT2D eigenvalue weighted by Crippen LogP contribution is 2.25. The predicted molar refractivity (Wildman–Crippen MR) is 55.9 cm³/mol. The van der Waals surface area contributed by atoms with Gasteiger partial charge in [-0.1, -0.05) is 13.8 Å². The Morgan fingerprint density at radius 2 is 1.85 bits per heavy atom. The van der Waals surface area contributed by atoms with E-state index >= 15 is 0 Å². The first-order valence-electron chi connectivity index (χ1n) is 5.83. The van der Waals surface area contributed by atoms with Crippen molar-refractivity contribution < 1.29 is 0 Å². The average molecular weight is 182 g/mol. The van der Waals surface area contributed by atoms with Crippen molar-refractivity contribution in [3.8, 4) is 0 Å². The Labute approximate surface area is 81.9 Å². The topological polar surface area (TPSA) is 6.48 Å². The van der Waals surface area contributed by atoms with E-state index in [0.717, 1.165) is 12.1 Å². The average Bonchev–Trinajstić information content (AvgIpc) is 2.46. The van der Waals surface area contributed by atoms with Crippen LogP contribution in [0.2, 0.25) is 0 Å². The minimum absolute atomic E-state index is 0.840. The van der Waals surface area contributed by atoms with Crippen LogP contribution in [0.1, 0.15) is 33.1 Å². The van der Waals surface area contributed by atoms with Crippen LogP contribution < -0.4 is 0 Å². The fraction of sp³-hybridized carbons (Fsp3) is 1.00. The number of nitrogens with zero attached hydrogens (tertiary/aromatic N) is 2. The summed E-state index contributed by atoms with van der Waals surface area (Å²) in [6.45, 7) is 9.89. The van der Waals surface area contributed by atoms with Gasteiger partial charge in [0.2, 0.25) is 0 Å². The molecule has 3 heterocycles. The molecule has 0 aromatic heterocycles. The minimum atomic E-state index is 0.840. The molecule has 0 aliphatic carbocycles. The summed E-state index contributed by atoms with van der Waals surface area (Å²) in [5.41, 5.74) is 0. The van der Waals surface area contributed by atoms with Crippen molar-refractivity contribution in [3.63, 3.8) is 0 Å². The zero-order chi connectivity index (χ0) is 9.26. The molecule has 0 spiro atoms. The van der Waals surface area contributed by atoms with E-state index < -0.39 is 0 Å². The van der Waals surface area contributed by atoms with E-state index in [-0.39, 0.29) is 0 Å².